The van der Waals surface area contributed by atoms with E-state index in [-0.39, 0.29) is 5.56 Å². The van der Waals surface area contributed by atoms with Crippen molar-refractivity contribution in [2.45, 2.75) is 6.04 Å². The molecule has 5 rings (SSSR count). The van der Waals surface area contributed by atoms with Crippen LogP contribution in [0.3, 0.4) is 0 Å². The molecule has 0 aliphatic carbocycles. The number of hydrogen-bond acceptors (Lipinski definition) is 7. The molecule has 2 aromatic carbocycles. The molecular weight excluding hydrogens is 438 g/mol. The highest BCUT2D eigenvalue weighted by atomic mass is 79.9. The summed E-state index contributed by atoms with van der Waals surface area (Å²) in [5.41, 5.74) is 3.02. The molecule has 0 fully saturated rings. The molecule has 2 aromatic heterocycles. The second-order valence-electron chi connectivity index (χ2n) is 6.45. The van der Waals surface area contributed by atoms with Gasteiger partial charge in [0.05, 0.1) is 12.8 Å². The zero-order valence-corrected chi connectivity index (χ0v) is 16.7. The Kier molecular flexibility index (Phi) is 4.13. The predicted molar refractivity (Wildman–Crippen MR) is 109 cm³/mol. The van der Waals surface area contributed by atoms with Gasteiger partial charge in [0.25, 0.3) is 5.56 Å². The Morgan fingerprint density at radius 1 is 1.17 bits per heavy atom. The van der Waals surface area contributed by atoms with Crippen molar-refractivity contribution in [2.75, 3.05) is 12.4 Å². The number of anilines is 2. The smallest absolute Gasteiger partial charge is 0.288 e. The first-order valence-electron chi connectivity index (χ1n) is 8.73. The molecule has 0 saturated heterocycles. The molecule has 3 heterocycles. The number of rotatable bonds is 3. The van der Waals surface area contributed by atoms with Crippen molar-refractivity contribution in [3.05, 3.63) is 74.5 Å². The fourth-order valence-electron chi connectivity index (χ4n) is 3.51. The summed E-state index contributed by atoms with van der Waals surface area (Å²) in [6.07, 6.45) is 0. The number of aromatic nitrogens is 6. The quantitative estimate of drug-likeness (QED) is 0.433. The molecular formula is C19H14BrN7O2. The average Bonchev–Trinajstić information content (AvgIpc) is 3.21. The summed E-state index contributed by atoms with van der Waals surface area (Å²) in [5, 5.41) is 21.9. The average molecular weight is 452 g/mol. The summed E-state index contributed by atoms with van der Waals surface area (Å²) < 4.78 is 7.91. The third kappa shape index (κ3) is 2.88. The van der Waals surface area contributed by atoms with Crippen LogP contribution in [0.15, 0.2) is 57.8 Å². The van der Waals surface area contributed by atoms with Crippen LogP contribution in [0.25, 0.3) is 11.3 Å². The van der Waals surface area contributed by atoms with Gasteiger partial charge in [-0.25, -0.2) is 5.10 Å². The maximum atomic E-state index is 12.7. The van der Waals surface area contributed by atoms with Gasteiger partial charge in [-0.2, -0.15) is 9.78 Å². The fourth-order valence-corrected chi connectivity index (χ4v) is 3.93. The normalized spacial score (nSPS) is 14.6. The molecule has 0 bridgehead atoms. The van der Waals surface area contributed by atoms with E-state index in [4.69, 9.17) is 4.74 Å². The highest BCUT2D eigenvalue weighted by molar-refractivity contribution is 9.10. The third-order valence-corrected chi connectivity index (χ3v) is 5.27. The number of ether oxygens (including phenoxy) is 1. The molecule has 0 saturated carbocycles. The van der Waals surface area contributed by atoms with Crippen molar-refractivity contribution in [1.82, 2.24) is 30.4 Å². The van der Waals surface area contributed by atoms with Crippen LogP contribution in [-0.4, -0.2) is 37.5 Å². The van der Waals surface area contributed by atoms with Gasteiger partial charge in [0.1, 0.15) is 17.5 Å². The summed E-state index contributed by atoms with van der Waals surface area (Å²) in [4.78, 5) is 12.7. The summed E-state index contributed by atoms with van der Waals surface area (Å²) in [7, 11) is 1.61. The van der Waals surface area contributed by atoms with Crippen LogP contribution >= 0.6 is 15.9 Å². The molecule has 1 aliphatic rings. The Bertz CT molecular complexity index is 1280. The van der Waals surface area contributed by atoms with Crippen LogP contribution in [0.5, 0.6) is 5.75 Å². The second kappa shape index (κ2) is 6.82. The largest absolute Gasteiger partial charge is 0.497 e. The number of methoxy groups -OCH3 is 1. The van der Waals surface area contributed by atoms with Gasteiger partial charge >= 0.3 is 0 Å². The van der Waals surface area contributed by atoms with Gasteiger partial charge in [0.2, 0.25) is 5.95 Å². The maximum Gasteiger partial charge on any atom is 0.288 e. The first kappa shape index (κ1) is 17.6. The summed E-state index contributed by atoms with van der Waals surface area (Å²) in [6.45, 7) is 0. The second-order valence-corrected chi connectivity index (χ2v) is 7.37. The van der Waals surface area contributed by atoms with Gasteiger partial charge in [-0.05, 0) is 40.3 Å². The lowest BCUT2D eigenvalue weighted by atomic mass is 9.92. The Morgan fingerprint density at radius 2 is 2.03 bits per heavy atom. The lowest BCUT2D eigenvalue weighted by Crippen LogP contribution is -2.29. The van der Waals surface area contributed by atoms with Crippen molar-refractivity contribution in [2.24, 2.45) is 0 Å². The number of tetrazole rings is 1. The van der Waals surface area contributed by atoms with Gasteiger partial charge < -0.3 is 10.1 Å². The van der Waals surface area contributed by atoms with Crippen molar-refractivity contribution in [3.8, 4) is 17.0 Å². The minimum Gasteiger partial charge on any atom is -0.497 e. The minimum absolute atomic E-state index is 0.346. The predicted octanol–water partition coefficient (Wildman–Crippen LogP) is 2.89. The number of fused-ring (bicyclic) bond motifs is 2. The number of nitrogens with zero attached hydrogens (tertiary/aromatic N) is 5. The van der Waals surface area contributed by atoms with E-state index >= 15 is 0 Å². The number of benzene rings is 2. The first-order chi connectivity index (χ1) is 14.2. The van der Waals surface area contributed by atoms with Crippen molar-refractivity contribution in [3.63, 3.8) is 0 Å². The van der Waals surface area contributed by atoms with Crippen molar-refractivity contribution < 1.29 is 4.74 Å². The van der Waals surface area contributed by atoms with Crippen LogP contribution in [0.2, 0.25) is 0 Å². The molecule has 9 nitrogen and oxygen atoms in total. The van der Waals surface area contributed by atoms with Gasteiger partial charge in [0, 0.05) is 15.6 Å². The Hall–Kier alpha value is -3.53. The molecule has 1 aliphatic heterocycles. The Labute approximate surface area is 172 Å². The number of halogens is 1. The molecule has 2 N–H and O–H groups in total. The van der Waals surface area contributed by atoms with Crippen LogP contribution in [-0.2, 0) is 0 Å². The highest BCUT2D eigenvalue weighted by Crippen LogP contribution is 2.41. The monoisotopic (exact) mass is 451 g/mol. The van der Waals surface area contributed by atoms with E-state index < -0.39 is 6.04 Å². The molecule has 29 heavy (non-hydrogen) atoms. The summed E-state index contributed by atoms with van der Waals surface area (Å²) >= 11 is 3.52. The van der Waals surface area contributed by atoms with E-state index in [9.17, 15) is 4.79 Å². The van der Waals surface area contributed by atoms with E-state index in [1.807, 2.05) is 48.5 Å². The van der Waals surface area contributed by atoms with E-state index in [1.54, 1.807) is 11.8 Å². The van der Waals surface area contributed by atoms with Crippen LogP contribution in [0, 0.1) is 0 Å². The van der Waals surface area contributed by atoms with E-state index in [2.05, 4.69) is 47.0 Å². The van der Waals surface area contributed by atoms with Crippen LogP contribution < -0.4 is 15.6 Å². The van der Waals surface area contributed by atoms with E-state index in [0.29, 0.717) is 28.6 Å². The van der Waals surface area contributed by atoms with Gasteiger partial charge in [-0.15, -0.1) is 0 Å². The molecule has 0 spiro atoms. The van der Waals surface area contributed by atoms with Crippen LogP contribution in [0.4, 0.5) is 11.6 Å². The highest BCUT2D eigenvalue weighted by Gasteiger charge is 2.34. The number of H-pyrrole nitrogens is 1. The topological polar surface area (TPSA) is 111 Å². The number of nitrogens with one attached hydrogen (secondary N) is 2. The minimum atomic E-state index is -0.440. The fraction of sp³-hybridized carbons (Fsp3) is 0.105. The summed E-state index contributed by atoms with van der Waals surface area (Å²) in [5.74, 6) is 1.07. The van der Waals surface area contributed by atoms with Gasteiger partial charge in [-0.3, -0.25) is 4.79 Å². The lowest BCUT2D eigenvalue weighted by molar-refractivity contribution is 0.415. The lowest BCUT2D eigenvalue weighted by Gasteiger charge is -2.28. The zero-order valence-electron chi connectivity index (χ0n) is 15.1. The van der Waals surface area contributed by atoms with E-state index in [0.717, 1.165) is 15.6 Å². The van der Waals surface area contributed by atoms with E-state index in [1.165, 1.54) is 0 Å². The summed E-state index contributed by atoms with van der Waals surface area (Å²) in [6, 6.07) is 14.9. The first-order valence-corrected chi connectivity index (χ1v) is 9.52. The van der Waals surface area contributed by atoms with Gasteiger partial charge in [0.15, 0.2) is 0 Å². The molecule has 0 radical (unpaired) electrons. The molecule has 1 atom stereocenters. The molecule has 0 amide bonds. The van der Waals surface area contributed by atoms with Crippen molar-refractivity contribution >= 4 is 27.6 Å². The standard InChI is InChI=1S/C19H14BrN7O2/c1-29-13-7-3-4-10(9-13)15-14-16(18(28)23-22-15)21-19-24-25-26-27(19)17(14)11-5-2-6-12(20)8-11/h2-9,17H,1H3,(H,23,28)(H,21,24,26)/t17-/m0/s1. The molecule has 10 heteroatoms. The third-order valence-electron chi connectivity index (χ3n) is 4.78. The van der Waals surface area contributed by atoms with Crippen molar-refractivity contribution in [1.29, 1.82) is 0 Å². The zero-order chi connectivity index (χ0) is 20.0. The maximum absolute atomic E-state index is 12.7. The van der Waals surface area contributed by atoms with Gasteiger partial charge in [-0.1, -0.05) is 45.3 Å². The SMILES string of the molecule is COc1cccc(-c2n[nH]c(=O)c3c2[C@H](c2cccc(Br)c2)n2nnnc2N3)c1. The number of aromatic amines is 1. The molecule has 144 valence electrons. The molecule has 4 aromatic rings. The number of hydrogen-bond donors (Lipinski definition) is 2. The molecule has 0 unspecified atom stereocenters. The van der Waals surface area contributed by atoms with Crippen LogP contribution in [0.1, 0.15) is 17.2 Å². The Balaban J connectivity index is 1.82. The Morgan fingerprint density at radius 3 is 2.86 bits per heavy atom.